The molecule has 2 heterocycles. The van der Waals surface area contributed by atoms with E-state index in [9.17, 15) is 4.79 Å². The maximum Gasteiger partial charge on any atom is 0.246 e. The van der Waals surface area contributed by atoms with Crippen LogP contribution in [0.5, 0.6) is 5.75 Å². The number of hydrogen-bond donors (Lipinski definition) is 1. The van der Waals surface area contributed by atoms with Gasteiger partial charge in [0.25, 0.3) is 0 Å². The smallest absolute Gasteiger partial charge is 0.246 e. The van der Waals surface area contributed by atoms with Crippen LogP contribution in [0, 0.1) is 17.3 Å². The number of rotatable bonds is 7. The van der Waals surface area contributed by atoms with Crippen molar-refractivity contribution >= 4 is 23.7 Å². The molecular weight excluding hydrogens is 456 g/mol. The first-order chi connectivity index (χ1) is 16.5. The number of carbonyl (C=O) groups excluding carboxylic acids is 1. The van der Waals surface area contributed by atoms with Crippen LogP contribution in [0.2, 0.25) is 5.02 Å². The number of halogens is 1. The lowest BCUT2D eigenvalue weighted by molar-refractivity contribution is -0.157. The van der Waals surface area contributed by atoms with Crippen LogP contribution >= 0.6 is 11.6 Å². The summed E-state index contributed by atoms with van der Waals surface area (Å²) in [5.41, 5.74) is 2.13. The summed E-state index contributed by atoms with van der Waals surface area (Å²) in [6.45, 7) is 0.244. The third-order valence-corrected chi connectivity index (χ3v) is 7.84. The van der Waals surface area contributed by atoms with Gasteiger partial charge in [0, 0.05) is 0 Å². The van der Waals surface area contributed by atoms with Crippen LogP contribution in [0.1, 0.15) is 50.0 Å². The van der Waals surface area contributed by atoms with Crippen LogP contribution in [0.3, 0.4) is 0 Å². The summed E-state index contributed by atoms with van der Waals surface area (Å²) in [7, 11) is 0. The van der Waals surface area contributed by atoms with Crippen molar-refractivity contribution in [3.8, 4) is 5.75 Å². The zero-order valence-corrected chi connectivity index (χ0v) is 19.3. The van der Waals surface area contributed by atoms with Crippen LogP contribution in [-0.2, 0) is 16.9 Å². The molecule has 2 aromatic heterocycles. The largest absolute Gasteiger partial charge is 0.484 e. The third kappa shape index (κ3) is 3.77. The van der Waals surface area contributed by atoms with Gasteiger partial charge in [0.05, 0.1) is 22.2 Å². The zero-order valence-electron chi connectivity index (χ0n) is 18.6. The number of nitrogens with one attached hydrogen (secondary N) is 1. The molecule has 7 rings (SSSR count). The Labute approximate surface area is 201 Å². The van der Waals surface area contributed by atoms with Gasteiger partial charge in [-0.05, 0) is 79.8 Å². The Bertz CT molecular complexity index is 1210. The van der Waals surface area contributed by atoms with Gasteiger partial charge in [-0.3, -0.25) is 4.79 Å². The van der Waals surface area contributed by atoms with Crippen LogP contribution < -0.4 is 10.2 Å². The summed E-state index contributed by atoms with van der Waals surface area (Å²) >= 11 is 6.12. The Morgan fingerprint density at radius 3 is 2.82 bits per heavy atom. The number of benzene rings is 1. The fraction of sp³-hybridized carbons (Fsp3) is 0.458. The average Bonchev–Trinajstić information content (AvgIpc) is 3.51. The first-order valence-electron chi connectivity index (χ1n) is 11.6. The predicted molar refractivity (Wildman–Crippen MR) is 123 cm³/mol. The van der Waals surface area contributed by atoms with Crippen molar-refractivity contribution in [2.24, 2.45) is 22.4 Å². The number of hydrogen-bond acceptors (Lipinski definition) is 7. The van der Waals surface area contributed by atoms with E-state index in [1.54, 1.807) is 23.0 Å². The van der Waals surface area contributed by atoms with E-state index < -0.39 is 5.41 Å². The van der Waals surface area contributed by atoms with Gasteiger partial charge in [-0.15, -0.1) is 10.2 Å². The fourth-order valence-electron chi connectivity index (χ4n) is 6.62. The molecule has 3 aromatic rings. The second-order valence-electron chi connectivity index (χ2n) is 9.91. The molecule has 1 amide bonds. The molecule has 0 radical (unpaired) electrons. The number of para-hydroxylation sites is 1. The van der Waals surface area contributed by atoms with Crippen LogP contribution in [0.4, 0.5) is 0 Å². The van der Waals surface area contributed by atoms with Gasteiger partial charge < -0.3 is 9.15 Å². The van der Waals surface area contributed by atoms with Crippen molar-refractivity contribution in [2.45, 2.75) is 50.7 Å². The molecule has 0 aliphatic heterocycles. The third-order valence-electron chi connectivity index (χ3n) is 7.53. The standard InChI is InChI=1S/C24H25ClN6O3/c25-20-3-1-2-4-21(20)33-13-19-6-5-18(34-19)12-26-29-22(32)23-8-16-7-17(9-23)11-24(10-16,14-23)31-28-15-27-30-31/h1-6,12,15-17H,7-11,13-14H2,(H,29,32)/b26-12+. The highest BCUT2D eigenvalue weighted by molar-refractivity contribution is 6.32. The van der Waals surface area contributed by atoms with Crippen molar-refractivity contribution in [3.05, 3.63) is 59.3 Å². The van der Waals surface area contributed by atoms with E-state index in [-0.39, 0.29) is 18.1 Å². The van der Waals surface area contributed by atoms with Crippen LogP contribution in [-0.4, -0.2) is 32.3 Å². The Kier molecular flexibility index (Phi) is 5.17. The van der Waals surface area contributed by atoms with Gasteiger partial charge in [-0.2, -0.15) is 9.90 Å². The molecule has 4 saturated carbocycles. The van der Waals surface area contributed by atoms with E-state index in [2.05, 4.69) is 25.9 Å². The molecule has 10 heteroatoms. The zero-order chi connectivity index (χ0) is 23.2. The van der Waals surface area contributed by atoms with Gasteiger partial charge in [-0.25, -0.2) is 5.43 Å². The van der Waals surface area contributed by atoms with Crippen molar-refractivity contribution in [1.82, 2.24) is 25.6 Å². The number of amides is 1. The van der Waals surface area contributed by atoms with E-state index >= 15 is 0 Å². The van der Waals surface area contributed by atoms with E-state index in [1.807, 2.05) is 18.2 Å². The number of tetrazole rings is 1. The van der Waals surface area contributed by atoms with Gasteiger partial charge in [0.2, 0.25) is 5.91 Å². The topological polar surface area (TPSA) is 107 Å². The quantitative estimate of drug-likeness (QED) is 0.405. The molecule has 4 aliphatic carbocycles. The maximum atomic E-state index is 13.3. The number of nitrogens with zero attached hydrogens (tertiary/aromatic N) is 5. The lowest BCUT2D eigenvalue weighted by Gasteiger charge is -2.60. The molecule has 4 aliphatic rings. The highest BCUT2D eigenvalue weighted by atomic mass is 35.5. The number of carbonyl (C=O) groups is 1. The lowest BCUT2D eigenvalue weighted by Crippen LogP contribution is -2.61. The second kappa shape index (κ2) is 8.23. The van der Waals surface area contributed by atoms with Crippen molar-refractivity contribution in [3.63, 3.8) is 0 Å². The minimum Gasteiger partial charge on any atom is -0.484 e. The van der Waals surface area contributed by atoms with Crippen LogP contribution in [0.15, 0.2) is 52.2 Å². The van der Waals surface area contributed by atoms with E-state index in [0.29, 0.717) is 34.1 Å². The van der Waals surface area contributed by atoms with E-state index in [4.69, 9.17) is 20.8 Å². The number of furan rings is 1. The Hall–Kier alpha value is -3.20. The van der Waals surface area contributed by atoms with Crippen molar-refractivity contribution in [2.75, 3.05) is 0 Å². The van der Waals surface area contributed by atoms with Crippen molar-refractivity contribution in [1.29, 1.82) is 0 Å². The summed E-state index contributed by atoms with van der Waals surface area (Å²) in [5, 5.41) is 17.2. The fourth-order valence-corrected chi connectivity index (χ4v) is 6.81. The predicted octanol–water partition coefficient (Wildman–Crippen LogP) is 3.94. The van der Waals surface area contributed by atoms with Gasteiger partial charge in [0.1, 0.15) is 23.9 Å². The molecule has 2 unspecified atom stereocenters. The van der Waals surface area contributed by atoms with Crippen LogP contribution in [0.25, 0.3) is 0 Å². The van der Waals surface area contributed by atoms with Gasteiger partial charge >= 0.3 is 0 Å². The summed E-state index contributed by atoms with van der Waals surface area (Å²) in [6, 6.07) is 10.9. The molecular formula is C24H25ClN6O3. The summed E-state index contributed by atoms with van der Waals surface area (Å²) in [4.78, 5) is 15.1. The second-order valence-corrected chi connectivity index (χ2v) is 10.3. The molecule has 9 nitrogen and oxygen atoms in total. The number of aromatic nitrogens is 4. The van der Waals surface area contributed by atoms with E-state index in [0.717, 1.165) is 32.1 Å². The minimum atomic E-state index is -0.438. The molecule has 0 saturated heterocycles. The summed E-state index contributed by atoms with van der Waals surface area (Å²) < 4.78 is 11.4. The molecule has 0 spiro atoms. The first-order valence-corrected chi connectivity index (χ1v) is 11.9. The normalized spacial score (nSPS) is 29.6. The first kappa shape index (κ1) is 21.3. The number of ether oxygens (including phenoxy) is 1. The summed E-state index contributed by atoms with van der Waals surface area (Å²) in [5.74, 6) is 2.75. The average molecular weight is 481 g/mol. The maximum absolute atomic E-state index is 13.3. The van der Waals surface area contributed by atoms with Crippen molar-refractivity contribution < 1.29 is 13.9 Å². The van der Waals surface area contributed by atoms with E-state index in [1.165, 1.54) is 19.0 Å². The molecule has 176 valence electrons. The highest BCUT2D eigenvalue weighted by Crippen LogP contribution is 2.63. The van der Waals surface area contributed by atoms with Gasteiger partial charge in [0.15, 0.2) is 6.33 Å². The lowest BCUT2D eigenvalue weighted by atomic mass is 9.46. The Morgan fingerprint density at radius 1 is 1.24 bits per heavy atom. The molecule has 34 heavy (non-hydrogen) atoms. The highest BCUT2D eigenvalue weighted by Gasteiger charge is 2.62. The summed E-state index contributed by atoms with van der Waals surface area (Å²) in [6.07, 6.45) is 8.73. The van der Waals surface area contributed by atoms with Gasteiger partial charge in [-0.1, -0.05) is 23.7 Å². The molecule has 1 aromatic carbocycles. The SMILES string of the molecule is O=C(N/N=C/c1ccc(COc2ccccc2Cl)o1)C12CC3CC(C1)CC(n1ncnn1)(C3)C2. The minimum absolute atomic E-state index is 0.0313. The number of hydrazone groups is 1. The molecule has 4 fully saturated rings. The Balaban J connectivity index is 1.10. The monoisotopic (exact) mass is 480 g/mol. The Morgan fingerprint density at radius 2 is 2.06 bits per heavy atom. The molecule has 1 N–H and O–H groups in total. The molecule has 4 bridgehead atoms. The molecule has 2 atom stereocenters.